The average molecular weight is 327 g/mol. The Morgan fingerprint density at radius 1 is 1.47 bits per heavy atom. The number of aliphatic hydroxyl groups is 1. The minimum Gasteiger partial charge on any atom is -0.396 e. The molecule has 1 aliphatic rings. The first-order chi connectivity index (χ1) is 9.13. The van der Waals surface area contributed by atoms with Crippen molar-refractivity contribution in [2.24, 2.45) is 0 Å². The molecule has 1 fully saturated rings. The summed E-state index contributed by atoms with van der Waals surface area (Å²) in [6.45, 7) is 6.59. The Morgan fingerprint density at radius 2 is 2.26 bits per heavy atom. The lowest BCUT2D eigenvalue weighted by Gasteiger charge is -2.37. The smallest absolute Gasteiger partial charge is 0.0516 e. The highest BCUT2D eigenvalue weighted by Crippen LogP contribution is 2.32. The fourth-order valence-electron chi connectivity index (χ4n) is 2.82. The standard InChI is InChI=1S/C15H23BrN2O/c1-11-3-4-15(14(16)9-11)18-12(2)5-7-17-10-13(18)6-8-19/h3-4,9,12-13,17,19H,5-8,10H2,1-2H3. The minimum atomic E-state index is 0.235. The molecule has 2 atom stereocenters. The van der Waals surface area contributed by atoms with Crippen LogP contribution in [0.25, 0.3) is 0 Å². The van der Waals surface area contributed by atoms with E-state index in [1.54, 1.807) is 0 Å². The fourth-order valence-corrected chi connectivity index (χ4v) is 3.52. The van der Waals surface area contributed by atoms with Gasteiger partial charge in [0, 0.05) is 29.7 Å². The molecule has 1 aromatic carbocycles. The van der Waals surface area contributed by atoms with Gasteiger partial charge in [0.05, 0.1) is 5.69 Å². The molecule has 2 N–H and O–H groups in total. The number of halogens is 1. The van der Waals surface area contributed by atoms with Crippen LogP contribution in [-0.2, 0) is 0 Å². The summed E-state index contributed by atoms with van der Waals surface area (Å²) in [7, 11) is 0. The zero-order valence-corrected chi connectivity index (χ0v) is 13.3. The molecule has 1 saturated heterocycles. The first-order valence-electron chi connectivity index (χ1n) is 6.99. The number of nitrogens with one attached hydrogen (secondary N) is 1. The number of hydrogen-bond donors (Lipinski definition) is 2. The predicted molar refractivity (Wildman–Crippen MR) is 83.8 cm³/mol. The molecule has 0 amide bonds. The SMILES string of the molecule is Cc1ccc(N2C(C)CCNCC2CCO)c(Br)c1. The first kappa shape index (κ1) is 14.8. The van der Waals surface area contributed by atoms with Crippen LogP contribution < -0.4 is 10.2 Å². The van der Waals surface area contributed by atoms with Crippen LogP contribution in [0, 0.1) is 6.92 Å². The Kier molecular flexibility index (Phi) is 5.25. The van der Waals surface area contributed by atoms with Gasteiger partial charge < -0.3 is 15.3 Å². The van der Waals surface area contributed by atoms with Crippen LogP contribution in [0.3, 0.4) is 0 Å². The summed E-state index contributed by atoms with van der Waals surface area (Å²) in [5.41, 5.74) is 2.50. The Morgan fingerprint density at radius 3 is 2.95 bits per heavy atom. The third kappa shape index (κ3) is 3.50. The zero-order valence-electron chi connectivity index (χ0n) is 11.7. The van der Waals surface area contributed by atoms with E-state index in [-0.39, 0.29) is 6.61 Å². The summed E-state index contributed by atoms with van der Waals surface area (Å²) in [6, 6.07) is 7.33. The Labute approximate surface area is 124 Å². The van der Waals surface area contributed by atoms with Gasteiger partial charge in [-0.25, -0.2) is 0 Å². The van der Waals surface area contributed by atoms with Gasteiger partial charge in [0.2, 0.25) is 0 Å². The Balaban J connectivity index is 2.34. The lowest BCUT2D eigenvalue weighted by Crippen LogP contribution is -2.44. The van der Waals surface area contributed by atoms with Crippen molar-refractivity contribution in [2.45, 2.75) is 38.8 Å². The maximum absolute atomic E-state index is 9.31. The Hall–Kier alpha value is -0.580. The van der Waals surface area contributed by atoms with Gasteiger partial charge in [-0.2, -0.15) is 0 Å². The fraction of sp³-hybridized carbons (Fsp3) is 0.600. The van der Waals surface area contributed by atoms with E-state index >= 15 is 0 Å². The van der Waals surface area contributed by atoms with Gasteiger partial charge >= 0.3 is 0 Å². The summed E-state index contributed by atoms with van der Waals surface area (Å²) in [6.07, 6.45) is 1.93. The van der Waals surface area contributed by atoms with Crippen molar-refractivity contribution in [3.8, 4) is 0 Å². The van der Waals surface area contributed by atoms with E-state index in [2.05, 4.69) is 58.2 Å². The lowest BCUT2D eigenvalue weighted by molar-refractivity contribution is 0.271. The number of benzene rings is 1. The van der Waals surface area contributed by atoms with Gasteiger partial charge in [0.15, 0.2) is 0 Å². The zero-order chi connectivity index (χ0) is 13.8. The molecule has 2 rings (SSSR count). The first-order valence-corrected chi connectivity index (χ1v) is 7.79. The molecule has 4 heteroatoms. The summed E-state index contributed by atoms with van der Waals surface area (Å²) >= 11 is 3.69. The maximum atomic E-state index is 9.31. The molecular formula is C15H23BrN2O. The summed E-state index contributed by atoms with van der Waals surface area (Å²) in [5.74, 6) is 0. The van der Waals surface area contributed by atoms with E-state index in [1.807, 2.05) is 0 Å². The number of nitrogens with zero attached hydrogens (tertiary/aromatic N) is 1. The molecule has 0 aliphatic carbocycles. The highest BCUT2D eigenvalue weighted by atomic mass is 79.9. The second kappa shape index (κ2) is 6.73. The number of aryl methyl sites for hydroxylation is 1. The van der Waals surface area contributed by atoms with E-state index in [0.29, 0.717) is 12.1 Å². The van der Waals surface area contributed by atoms with Crippen LogP contribution in [0.2, 0.25) is 0 Å². The van der Waals surface area contributed by atoms with Crippen LogP contribution in [0.5, 0.6) is 0 Å². The topological polar surface area (TPSA) is 35.5 Å². The summed E-state index contributed by atoms with van der Waals surface area (Å²) in [4.78, 5) is 2.46. The van der Waals surface area contributed by atoms with Crippen molar-refractivity contribution in [3.63, 3.8) is 0 Å². The second-order valence-electron chi connectivity index (χ2n) is 5.37. The van der Waals surface area contributed by atoms with Gasteiger partial charge in [0.25, 0.3) is 0 Å². The van der Waals surface area contributed by atoms with Crippen molar-refractivity contribution in [1.82, 2.24) is 5.32 Å². The molecule has 106 valence electrons. The number of anilines is 1. The third-order valence-corrected chi connectivity index (χ3v) is 4.47. The van der Waals surface area contributed by atoms with Gasteiger partial charge in [-0.1, -0.05) is 6.07 Å². The van der Waals surface area contributed by atoms with Crippen molar-refractivity contribution in [1.29, 1.82) is 0 Å². The molecular weight excluding hydrogens is 304 g/mol. The molecule has 1 aliphatic heterocycles. The van der Waals surface area contributed by atoms with E-state index in [4.69, 9.17) is 0 Å². The van der Waals surface area contributed by atoms with Gasteiger partial charge in [-0.3, -0.25) is 0 Å². The monoisotopic (exact) mass is 326 g/mol. The number of hydrogen-bond acceptors (Lipinski definition) is 3. The van der Waals surface area contributed by atoms with E-state index in [9.17, 15) is 5.11 Å². The summed E-state index contributed by atoms with van der Waals surface area (Å²) in [5, 5.41) is 12.8. The van der Waals surface area contributed by atoms with Crippen molar-refractivity contribution in [2.75, 3.05) is 24.6 Å². The number of rotatable bonds is 3. The van der Waals surface area contributed by atoms with Gasteiger partial charge in [0.1, 0.15) is 0 Å². The van der Waals surface area contributed by atoms with Gasteiger partial charge in [-0.05, 0) is 66.9 Å². The quantitative estimate of drug-likeness (QED) is 0.896. The molecule has 2 unspecified atom stereocenters. The largest absolute Gasteiger partial charge is 0.396 e. The van der Waals surface area contributed by atoms with Crippen LogP contribution in [-0.4, -0.2) is 36.9 Å². The van der Waals surface area contributed by atoms with E-state index < -0.39 is 0 Å². The molecule has 0 spiro atoms. The second-order valence-corrected chi connectivity index (χ2v) is 6.22. The molecule has 0 saturated carbocycles. The van der Waals surface area contributed by atoms with Crippen LogP contribution in [0.1, 0.15) is 25.3 Å². The highest BCUT2D eigenvalue weighted by Gasteiger charge is 2.27. The molecule has 0 aromatic heterocycles. The predicted octanol–water partition coefficient (Wildman–Crippen LogP) is 2.70. The molecule has 19 heavy (non-hydrogen) atoms. The molecule has 0 bridgehead atoms. The number of aliphatic hydroxyl groups excluding tert-OH is 1. The van der Waals surface area contributed by atoms with E-state index in [1.165, 1.54) is 11.3 Å². The van der Waals surface area contributed by atoms with Crippen molar-refractivity contribution in [3.05, 3.63) is 28.2 Å². The molecule has 1 heterocycles. The van der Waals surface area contributed by atoms with Gasteiger partial charge in [-0.15, -0.1) is 0 Å². The van der Waals surface area contributed by atoms with Crippen LogP contribution in [0.4, 0.5) is 5.69 Å². The highest BCUT2D eigenvalue weighted by molar-refractivity contribution is 9.10. The molecule has 3 nitrogen and oxygen atoms in total. The molecule has 1 aromatic rings. The van der Waals surface area contributed by atoms with Crippen LogP contribution in [0.15, 0.2) is 22.7 Å². The van der Waals surface area contributed by atoms with E-state index in [0.717, 1.165) is 30.4 Å². The normalized spacial score (nSPS) is 24.3. The Bertz CT molecular complexity index is 425. The maximum Gasteiger partial charge on any atom is 0.0516 e. The average Bonchev–Trinajstić information content (AvgIpc) is 2.53. The lowest BCUT2D eigenvalue weighted by atomic mass is 10.1. The molecule has 0 radical (unpaired) electrons. The minimum absolute atomic E-state index is 0.235. The third-order valence-electron chi connectivity index (χ3n) is 3.83. The van der Waals surface area contributed by atoms with Crippen molar-refractivity contribution >= 4 is 21.6 Å². The van der Waals surface area contributed by atoms with Crippen molar-refractivity contribution < 1.29 is 5.11 Å². The summed E-state index contributed by atoms with van der Waals surface area (Å²) < 4.78 is 1.14. The van der Waals surface area contributed by atoms with Crippen LogP contribution >= 0.6 is 15.9 Å².